The van der Waals surface area contributed by atoms with E-state index in [1.807, 2.05) is 75.4 Å². The lowest BCUT2D eigenvalue weighted by Crippen LogP contribution is -2.53. The number of nitrogens with zero attached hydrogens (tertiary/aromatic N) is 2. The molecule has 0 aliphatic carbocycles. The summed E-state index contributed by atoms with van der Waals surface area (Å²) in [5.41, 5.74) is 2.57. The third-order valence-corrected chi connectivity index (χ3v) is 9.44. The van der Waals surface area contributed by atoms with Gasteiger partial charge in [-0.25, -0.2) is 12.8 Å². The molecule has 4 aromatic rings. The standard InChI is InChI=1S/C35H37ClFN3O4S/c1-25(2)22-38-35(42)33(20-27-13-6-4-7-14-27)39(23-28-15-11-10-12-26(28)3)34(41)24-40(29-18-19-32(37)31(36)21-29)45(43,44)30-16-8-5-9-17-30/h4-19,21,25,33H,20,22-24H2,1-3H3,(H,38,42). The SMILES string of the molecule is Cc1ccccc1CN(C(=O)CN(c1ccc(F)c(Cl)c1)S(=O)(=O)c1ccccc1)C(Cc1ccccc1)C(=O)NCC(C)C. The molecule has 4 aromatic carbocycles. The Kier molecular flexibility index (Phi) is 11.4. The molecular weight excluding hydrogens is 613 g/mol. The van der Waals surface area contributed by atoms with Gasteiger partial charge in [0.25, 0.3) is 10.0 Å². The Labute approximate surface area is 269 Å². The molecule has 4 rings (SSSR count). The number of amides is 2. The van der Waals surface area contributed by atoms with Crippen molar-refractivity contribution in [2.75, 3.05) is 17.4 Å². The van der Waals surface area contributed by atoms with Crippen LogP contribution < -0.4 is 9.62 Å². The molecule has 45 heavy (non-hydrogen) atoms. The highest BCUT2D eigenvalue weighted by Gasteiger charge is 2.35. The van der Waals surface area contributed by atoms with Gasteiger partial charge in [-0.1, -0.05) is 98.2 Å². The average molecular weight is 650 g/mol. The number of benzene rings is 4. The topological polar surface area (TPSA) is 86.8 Å². The van der Waals surface area contributed by atoms with Crippen LogP contribution in [0.5, 0.6) is 0 Å². The fourth-order valence-corrected chi connectivity index (χ4v) is 6.44. The van der Waals surface area contributed by atoms with Gasteiger partial charge in [-0.2, -0.15) is 0 Å². The molecular formula is C35H37ClFN3O4S. The number of anilines is 1. The molecule has 236 valence electrons. The lowest BCUT2D eigenvalue weighted by Gasteiger charge is -2.34. The minimum absolute atomic E-state index is 0.0123. The summed E-state index contributed by atoms with van der Waals surface area (Å²) in [6, 6.07) is 27.1. The van der Waals surface area contributed by atoms with Crippen LogP contribution in [0.4, 0.5) is 10.1 Å². The monoisotopic (exact) mass is 649 g/mol. The minimum Gasteiger partial charge on any atom is -0.354 e. The zero-order chi connectivity index (χ0) is 32.6. The number of carbonyl (C=O) groups is 2. The van der Waals surface area contributed by atoms with E-state index in [1.165, 1.54) is 29.2 Å². The number of halogens is 2. The van der Waals surface area contributed by atoms with Gasteiger partial charge in [0.1, 0.15) is 18.4 Å². The van der Waals surface area contributed by atoms with Crippen molar-refractivity contribution in [1.29, 1.82) is 0 Å². The van der Waals surface area contributed by atoms with Crippen LogP contribution in [0.1, 0.15) is 30.5 Å². The predicted octanol–water partition coefficient (Wildman–Crippen LogP) is 6.40. The third-order valence-electron chi connectivity index (χ3n) is 7.36. The number of aryl methyl sites for hydroxylation is 1. The maximum absolute atomic E-state index is 14.5. The van der Waals surface area contributed by atoms with Gasteiger partial charge in [0, 0.05) is 19.5 Å². The molecule has 0 bridgehead atoms. The molecule has 0 aliphatic rings. The maximum atomic E-state index is 14.5. The van der Waals surface area contributed by atoms with Crippen molar-refractivity contribution in [1.82, 2.24) is 10.2 Å². The quantitative estimate of drug-likeness (QED) is 0.182. The number of hydrogen-bond acceptors (Lipinski definition) is 4. The Morgan fingerprint density at radius 3 is 2.13 bits per heavy atom. The van der Waals surface area contributed by atoms with Gasteiger partial charge in [0.2, 0.25) is 11.8 Å². The molecule has 0 radical (unpaired) electrons. The van der Waals surface area contributed by atoms with Crippen LogP contribution in [0, 0.1) is 18.7 Å². The fraction of sp³-hybridized carbons (Fsp3) is 0.257. The summed E-state index contributed by atoms with van der Waals surface area (Å²) in [5.74, 6) is -1.52. The summed E-state index contributed by atoms with van der Waals surface area (Å²) < 4.78 is 43.1. The van der Waals surface area contributed by atoms with Crippen LogP contribution in [0.15, 0.2) is 108 Å². The van der Waals surface area contributed by atoms with E-state index in [2.05, 4.69) is 5.32 Å². The fourth-order valence-electron chi connectivity index (χ4n) is 4.84. The molecule has 7 nitrogen and oxygen atoms in total. The van der Waals surface area contributed by atoms with E-state index in [0.717, 1.165) is 27.1 Å². The Morgan fingerprint density at radius 2 is 1.51 bits per heavy atom. The first kappa shape index (κ1) is 33.7. The van der Waals surface area contributed by atoms with Gasteiger partial charge >= 0.3 is 0 Å². The second-order valence-electron chi connectivity index (χ2n) is 11.2. The first-order valence-electron chi connectivity index (χ1n) is 14.7. The first-order valence-corrected chi connectivity index (χ1v) is 16.5. The molecule has 2 amide bonds. The molecule has 0 saturated heterocycles. The van der Waals surface area contributed by atoms with E-state index in [-0.39, 0.29) is 40.4 Å². The lowest BCUT2D eigenvalue weighted by molar-refractivity contribution is -0.140. The number of sulfonamides is 1. The van der Waals surface area contributed by atoms with Crippen molar-refractivity contribution < 1.29 is 22.4 Å². The molecule has 0 spiro atoms. The second-order valence-corrected chi connectivity index (χ2v) is 13.5. The van der Waals surface area contributed by atoms with Crippen LogP contribution in [0.2, 0.25) is 5.02 Å². The summed E-state index contributed by atoms with van der Waals surface area (Å²) in [6.45, 7) is 5.66. The Balaban J connectivity index is 1.82. The van der Waals surface area contributed by atoms with Crippen LogP contribution in [-0.4, -0.2) is 44.3 Å². The van der Waals surface area contributed by atoms with E-state index in [9.17, 15) is 22.4 Å². The molecule has 10 heteroatoms. The van der Waals surface area contributed by atoms with Crippen LogP contribution >= 0.6 is 11.6 Å². The smallest absolute Gasteiger partial charge is 0.264 e. The van der Waals surface area contributed by atoms with Crippen molar-refractivity contribution >= 4 is 39.1 Å². The van der Waals surface area contributed by atoms with Crippen LogP contribution in [0.25, 0.3) is 0 Å². The molecule has 0 aliphatic heterocycles. The highest BCUT2D eigenvalue weighted by atomic mass is 35.5. The number of hydrogen-bond donors (Lipinski definition) is 1. The summed E-state index contributed by atoms with van der Waals surface area (Å²) in [5, 5.41) is 2.68. The van der Waals surface area contributed by atoms with E-state index >= 15 is 0 Å². The van der Waals surface area contributed by atoms with Crippen molar-refractivity contribution in [3.8, 4) is 0 Å². The Bertz CT molecular complexity index is 1720. The van der Waals surface area contributed by atoms with Crippen molar-refractivity contribution in [3.63, 3.8) is 0 Å². The molecule has 0 heterocycles. The van der Waals surface area contributed by atoms with Gasteiger partial charge in [0.05, 0.1) is 15.6 Å². The van der Waals surface area contributed by atoms with Crippen molar-refractivity contribution in [2.24, 2.45) is 5.92 Å². The molecule has 0 saturated carbocycles. The summed E-state index contributed by atoms with van der Waals surface area (Å²) >= 11 is 6.08. The van der Waals surface area contributed by atoms with Gasteiger partial charge < -0.3 is 10.2 Å². The highest BCUT2D eigenvalue weighted by Crippen LogP contribution is 2.28. The number of rotatable bonds is 13. The van der Waals surface area contributed by atoms with Gasteiger partial charge in [-0.15, -0.1) is 0 Å². The van der Waals surface area contributed by atoms with Gasteiger partial charge in [0.15, 0.2) is 0 Å². The minimum atomic E-state index is -4.32. The third kappa shape index (κ3) is 8.71. The maximum Gasteiger partial charge on any atom is 0.264 e. The second kappa shape index (κ2) is 15.2. The molecule has 1 atom stereocenters. The largest absolute Gasteiger partial charge is 0.354 e. The molecule has 0 aromatic heterocycles. The van der Waals surface area contributed by atoms with E-state index in [4.69, 9.17) is 11.6 Å². The molecule has 1 unspecified atom stereocenters. The van der Waals surface area contributed by atoms with Gasteiger partial charge in [-0.3, -0.25) is 13.9 Å². The molecule has 1 N–H and O–H groups in total. The van der Waals surface area contributed by atoms with E-state index in [0.29, 0.717) is 6.54 Å². The van der Waals surface area contributed by atoms with Crippen LogP contribution in [0.3, 0.4) is 0 Å². The number of carbonyl (C=O) groups excluding carboxylic acids is 2. The predicted molar refractivity (Wildman–Crippen MR) is 176 cm³/mol. The number of nitrogens with one attached hydrogen (secondary N) is 1. The average Bonchev–Trinajstić information content (AvgIpc) is 3.03. The highest BCUT2D eigenvalue weighted by molar-refractivity contribution is 7.92. The first-order chi connectivity index (χ1) is 21.5. The lowest BCUT2D eigenvalue weighted by atomic mass is 10.0. The van der Waals surface area contributed by atoms with E-state index < -0.39 is 34.3 Å². The zero-order valence-corrected chi connectivity index (χ0v) is 27.1. The Morgan fingerprint density at radius 1 is 0.889 bits per heavy atom. The summed E-state index contributed by atoms with van der Waals surface area (Å²) in [4.78, 5) is 29.7. The van der Waals surface area contributed by atoms with E-state index in [1.54, 1.807) is 18.2 Å². The van der Waals surface area contributed by atoms with Crippen molar-refractivity contribution in [3.05, 3.63) is 131 Å². The zero-order valence-electron chi connectivity index (χ0n) is 25.5. The molecule has 0 fully saturated rings. The summed E-state index contributed by atoms with van der Waals surface area (Å²) in [6.07, 6.45) is 0.205. The summed E-state index contributed by atoms with van der Waals surface area (Å²) in [7, 11) is -4.32. The normalized spacial score (nSPS) is 12.0. The van der Waals surface area contributed by atoms with Gasteiger partial charge in [-0.05, 0) is 59.9 Å². The van der Waals surface area contributed by atoms with Crippen molar-refractivity contribution in [2.45, 2.75) is 44.7 Å². The Hall–Kier alpha value is -4.21. The van der Waals surface area contributed by atoms with Crippen LogP contribution in [-0.2, 0) is 32.6 Å².